The molecule has 0 fully saturated rings. The van der Waals surface area contributed by atoms with E-state index >= 15 is 0 Å². The van der Waals surface area contributed by atoms with E-state index in [1.165, 1.54) is 10.4 Å². The Morgan fingerprint density at radius 2 is 2.05 bits per heavy atom. The lowest BCUT2D eigenvalue weighted by molar-refractivity contribution is 0.493. The first-order valence-electron chi connectivity index (χ1n) is 6.70. The zero-order valence-electron chi connectivity index (χ0n) is 12.2. The molecule has 1 atom stereocenters. The Balaban J connectivity index is 2.12. The Hall–Kier alpha value is -1.65. The number of thiazole rings is 1. The van der Waals surface area contributed by atoms with Crippen LogP contribution in [0, 0.1) is 20.8 Å². The van der Waals surface area contributed by atoms with Crippen LogP contribution in [0.15, 0.2) is 28.7 Å². The first-order valence-corrected chi connectivity index (χ1v) is 7.52. The lowest BCUT2D eigenvalue weighted by Gasteiger charge is -2.12. The predicted octanol–water partition coefficient (Wildman–Crippen LogP) is 4.12. The van der Waals surface area contributed by atoms with Crippen LogP contribution >= 0.6 is 11.3 Å². The van der Waals surface area contributed by atoms with Crippen molar-refractivity contribution in [1.29, 1.82) is 0 Å². The van der Waals surface area contributed by atoms with Crippen molar-refractivity contribution in [3.05, 3.63) is 51.2 Å². The molecule has 104 valence electrons. The fourth-order valence-corrected chi connectivity index (χ4v) is 3.63. The van der Waals surface area contributed by atoms with Gasteiger partial charge in [0.2, 0.25) is 0 Å². The number of aromatic nitrogens is 1. The van der Waals surface area contributed by atoms with Crippen LogP contribution in [0.2, 0.25) is 0 Å². The van der Waals surface area contributed by atoms with Crippen molar-refractivity contribution in [3.8, 4) is 0 Å². The minimum Gasteiger partial charge on any atom is -0.459 e. The summed E-state index contributed by atoms with van der Waals surface area (Å²) in [6, 6.07) is 8.41. The maximum Gasteiger partial charge on any atom is 0.137 e. The normalized spacial score (nSPS) is 13.0. The van der Waals surface area contributed by atoms with Crippen molar-refractivity contribution in [2.24, 2.45) is 0 Å². The SMILES string of the molecule is CNC(c1cc2cccc(C)c2o1)c1sc(C)nc1C. The zero-order valence-corrected chi connectivity index (χ0v) is 13.0. The molecule has 20 heavy (non-hydrogen) atoms. The van der Waals surface area contributed by atoms with E-state index in [0.29, 0.717) is 0 Å². The zero-order chi connectivity index (χ0) is 14.3. The molecule has 0 aliphatic heterocycles. The summed E-state index contributed by atoms with van der Waals surface area (Å²) in [4.78, 5) is 5.74. The van der Waals surface area contributed by atoms with Gasteiger partial charge in [-0.1, -0.05) is 18.2 Å². The van der Waals surface area contributed by atoms with Gasteiger partial charge >= 0.3 is 0 Å². The third-order valence-corrected chi connectivity index (χ3v) is 4.67. The molecule has 1 aromatic carbocycles. The molecule has 1 unspecified atom stereocenters. The summed E-state index contributed by atoms with van der Waals surface area (Å²) in [7, 11) is 1.96. The van der Waals surface area contributed by atoms with E-state index in [1.54, 1.807) is 11.3 Å². The monoisotopic (exact) mass is 286 g/mol. The van der Waals surface area contributed by atoms with Gasteiger partial charge in [0.15, 0.2) is 0 Å². The molecular weight excluding hydrogens is 268 g/mol. The van der Waals surface area contributed by atoms with E-state index in [9.17, 15) is 0 Å². The van der Waals surface area contributed by atoms with Crippen molar-refractivity contribution in [3.63, 3.8) is 0 Å². The second-order valence-electron chi connectivity index (χ2n) is 5.05. The highest BCUT2D eigenvalue weighted by Crippen LogP contribution is 2.33. The molecule has 4 heteroatoms. The predicted molar refractivity (Wildman–Crippen MR) is 83.4 cm³/mol. The summed E-state index contributed by atoms with van der Waals surface area (Å²) in [5.74, 6) is 0.948. The van der Waals surface area contributed by atoms with Crippen molar-refractivity contribution in [2.75, 3.05) is 7.05 Å². The summed E-state index contributed by atoms with van der Waals surface area (Å²) in [6.07, 6.45) is 0. The van der Waals surface area contributed by atoms with Crippen LogP contribution in [0.4, 0.5) is 0 Å². The van der Waals surface area contributed by atoms with Crippen LogP contribution in [0.3, 0.4) is 0 Å². The quantitative estimate of drug-likeness (QED) is 0.787. The van der Waals surface area contributed by atoms with Gasteiger partial charge in [-0.3, -0.25) is 0 Å². The van der Waals surface area contributed by atoms with Gasteiger partial charge in [-0.05, 0) is 39.4 Å². The first-order chi connectivity index (χ1) is 9.60. The highest BCUT2D eigenvalue weighted by Gasteiger charge is 2.21. The summed E-state index contributed by atoms with van der Waals surface area (Å²) >= 11 is 1.72. The number of nitrogens with one attached hydrogen (secondary N) is 1. The molecular formula is C16H18N2OS. The van der Waals surface area contributed by atoms with E-state index in [0.717, 1.165) is 27.4 Å². The van der Waals surface area contributed by atoms with Crippen LogP contribution in [0.5, 0.6) is 0 Å². The van der Waals surface area contributed by atoms with Crippen molar-refractivity contribution < 1.29 is 4.42 Å². The molecule has 0 aliphatic carbocycles. The Kier molecular flexibility index (Phi) is 3.36. The molecule has 2 aromatic heterocycles. The van der Waals surface area contributed by atoms with Gasteiger partial charge in [-0.2, -0.15) is 0 Å². The lowest BCUT2D eigenvalue weighted by Crippen LogP contribution is -2.16. The van der Waals surface area contributed by atoms with Crippen LogP contribution in [-0.4, -0.2) is 12.0 Å². The summed E-state index contributed by atoms with van der Waals surface area (Å²) < 4.78 is 6.09. The van der Waals surface area contributed by atoms with Gasteiger partial charge in [-0.15, -0.1) is 11.3 Å². The number of nitrogens with zero attached hydrogens (tertiary/aromatic N) is 1. The first kappa shape index (κ1) is 13.3. The number of furan rings is 1. The molecule has 3 rings (SSSR count). The number of hydrogen-bond donors (Lipinski definition) is 1. The number of para-hydroxylation sites is 1. The van der Waals surface area contributed by atoms with Gasteiger partial charge in [0, 0.05) is 5.39 Å². The Morgan fingerprint density at radius 3 is 2.65 bits per heavy atom. The molecule has 0 bridgehead atoms. The maximum atomic E-state index is 6.09. The van der Waals surface area contributed by atoms with Crippen LogP contribution in [0.1, 0.15) is 32.9 Å². The van der Waals surface area contributed by atoms with Gasteiger partial charge in [-0.25, -0.2) is 4.98 Å². The summed E-state index contributed by atoms with van der Waals surface area (Å²) in [5.41, 5.74) is 3.21. The van der Waals surface area contributed by atoms with Crippen molar-refractivity contribution >= 4 is 22.3 Å². The average Bonchev–Trinajstić information content (AvgIpc) is 2.96. The molecule has 1 N–H and O–H groups in total. The Labute approximate surface area is 122 Å². The number of rotatable bonds is 3. The fraction of sp³-hybridized carbons (Fsp3) is 0.312. The fourth-order valence-electron chi connectivity index (χ4n) is 2.59. The third kappa shape index (κ3) is 2.15. The van der Waals surface area contributed by atoms with E-state index < -0.39 is 0 Å². The number of aryl methyl sites for hydroxylation is 3. The van der Waals surface area contributed by atoms with E-state index in [1.807, 2.05) is 14.0 Å². The van der Waals surface area contributed by atoms with E-state index in [4.69, 9.17) is 4.42 Å². The largest absolute Gasteiger partial charge is 0.459 e. The molecule has 0 amide bonds. The number of benzene rings is 1. The molecule has 0 spiro atoms. The summed E-state index contributed by atoms with van der Waals surface area (Å²) in [6.45, 7) is 6.17. The van der Waals surface area contributed by atoms with Crippen molar-refractivity contribution in [1.82, 2.24) is 10.3 Å². The lowest BCUT2D eigenvalue weighted by atomic mass is 10.1. The minimum absolute atomic E-state index is 0.0630. The third-order valence-electron chi connectivity index (χ3n) is 3.53. The molecule has 0 saturated carbocycles. The highest BCUT2D eigenvalue weighted by atomic mass is 32.1. The summed E-state index contributed by atoms with van der Waals surface area (Å²) in [5, 5.41) is 5.59. The average molecular weight is 286 g/mol. The van der Waals surface area contributed by atoms with Crippen LogP contribution in [0.25, 0.3) is 11.0 Å². The van der Waals surface area contributed by atoms with E-state index in [2.05, 4.69) is 48.4 Å². The molecule has 0 aliphatic rings. The smallest absolute Gasteiger partial charge is 0.137 e. The molecule has 0 radical (unpaired) electrons. The van der Waals surface area contributed by atoms with Crippen LogP contribution in [-0.2, 0) is 0 Å². The van der Waals surface area contributed by atoms with Gasteiger partial charge in [0.1, 0.15) is 17.4 Å². The standard InChI is InChI=1S/C16H18N2OS/c1-9-6-5-7-12-8-13(19-15(9)12)14(17-4)16-10(2)18-11(3)20-16/h5-8,14,17H,1-4H3. The molecule has 2 heterocycles. The Morgan fingerprint density at radius 1 is 1.25 bits per heavy atom. The van der Waals surface area contributed by atoms with Gasteiger partial charge in [0.25, 0.3) is 0 Å². The second kappa shape index (κ2) is 5.04. The number of hydrogen-bond acceptors (Lipinski definition) is 4. The molecule has 3 nitrogen and oxygen atoms in total. The highest BCUT2D eigenvalue weighted by molar-refractivity contribution is 7.11. The maximum absolute atomic E-state index is 6.09. The Bertz CT molecular complexity index is 757. The van der Waals surface area contributed by atoms with E-state index in [-0.39, 0.29) is 6.04 Å². The minimum atomic E-state index is 0.0630. The van der Waals surface area contributed by atoms with Gasteiger partial charge < -0.3 is 9.73 Å². The topological polar surface area (TPSA) is 38.1 Å². The second-order valence-corrected chi connectivity index (χ2v) is 6.28. The van der Waals surface area contributed by atoms with Crippen LogP contribution < -0.4 is 5.32 Å². The van der Waals surface area contributed by atoms with Crippen molar-refractivity contribution in [2.45, 2.75) is 26.8 Å². The molecule has 0 saturated heterocycles. The number of fused-ring (bicyclic) bond motifs is 1. The van der Waals surface area contributed by atoms with Gasteiger partial charge in [0.05, 0.1) is 15.6 Å². The molecule has 3 aromatic rings.